The van der Waals surface area contributed by atoms with Gasteiger partial charge in [-0.05, 0) is 36.5 Å². The lowest BCUT2D eigenvalue weighted by molar-refractivity contribution is -0.152. The number of nitrogens with one attached hydrogen (secondary N) is 1. The number of hydrogen-bond acceptors (Lipinski definition) is 7. The van der Waals surface area contributed by atoms with Gasteiger partial charge in [-0.3, -0.25) is 9.69 Å². The summed E-state index contributed by atoms with van der Waals surface area (Å²) in [7, 11) is 1.22. The third-order valence-corrected chi connectivity index (χ3v) is 7.01. The molecule has 1 fully saturated rings. The number of likely N-dealkylation sites (tertiary alicyclic amines) is 1. The number of rotatable bonds is 6. The molecule has 2 heterocycles. The lowest BCUT2D eigenvalue weighted by Gasteiger charge is -2.34. The van der Waals surface area contributed by atoms with Crippen LogP contribution in [0.15, 0.2) is 18.2 Å². The standard InChI is InChI=1S/C30H37N3O7/c1-9-19-12-11-13-20-15-32(17-22(19)20)28(37)40-21-14-23(26(35)38-8)33(16-21)25(34)24(29(3,4)5)31-27(36)39-18-30(6,7)10-2/h1-2,11-13,21,23-24H,14-18H2,3-8H3,(H,31,36)/t21-,23+,24-/m1/s1. The summed E-state index contributed by atoms with van der Waals surface area (Å²) in [5.74, 6) is 4.00. The van der Waals surface area contributed by atoms with Crippen molar-refractivity contribution < 1.29 is 33.4 Å². The second-order valence-corrected chi connectivity index (χ2v) is 11.8. The first-order valence-corrected chi connectivity index (χ1v) is 13.0. The summed E-state index contributed by atoms with van der Waals surface area (Å²) in [6.07, 6.45) is 8.96. The second kappa shape index (κ2) is 11.9. The van der Waals surface area contributed by atoms with Gasteiger partial charge in [0.15, 0.2) is 0 Å². The molecule has 0 spiro atoms. The quantitative estimate of drug-likeness (QED) is 0.328. The van der Waals surface area contributed by atoms with Gasteiger partial charge in [0.05, 0.1) is 25.6 Å². The van der Waals surface area contributed by atoms with Crippen LogP contribution < -0.4 is 5.32 Å². The van der Waals surface area contributed by atoms with Crippen molar-refractivity contribution in [1.29, 1.82) is 0 Å². The Kier molecular flexibility index (Phi) is 9.04. The van der Waals surface area contributed by atoms with Crippen LogP contribution in [0, 0.1) is 35.5 Å². The van der Waals surface area contributed by atoms with Gasteiger partial charge in [-0.2, -0.15) is 0 Å². The van der Waals surface area contributed by atoms with E-state index in [1.54, 1.807) is 34.6 Å². The van der Waals surface area contributed by atoms with E-state index in [2.05, 4.69) is 17.2 Å². The topological polar surface area (TPSA) is 114 Å². The Morgan fingerprint density at radius 1 is 1.12 bits per heavy atom. The van der Waals surface area contributed by atoms with Gasteiger partial charge in [0, 0.05) is 18.5 Å². The van der Waals surface area contributed by atoms with E-state index in [-0.39, 0.29) is 19.6 Å². The Hall–Kier alpha value is -4.18. The summed E-state index contributed by atoms with van der Waals surface area (Å²) in [6.45, 7) is 9.37. The van der Waals surface area contributed by atoms with E-state index in [1.807, 2.05) is 18.2 Å². The number of carbonyl (C=O) groups is 4. The summed E-state index contributed by atoms with van der Waals surface area (Å²) < 4.78 is 15.9. The Bertz CT molecular complexity index is 1250. The second-order valence-electron chi connectivity index (χ2n) is 11.8. The van der Waals surface area contributed by atoms with Gasteiger partial charge in [0.1, 0.15) is 24.8 Å². The summed E-state index contributed by atoms with van der Waals surface area (Å²) in [6, 6.07) is 3.52. The van der Waals surface area contributed by atoms with Gasteiger partial charge in [-0.1, -0.05) is 44.7 Å². The van der Waals surface area contributed by atoms with Gasteiger partial charge in [0.25, 0.3) is 0 Å². The molecule has 3 atom stereocenters. The number of benzene rings is 1. The zero-order valence-corrected chi connectivity index (χ0v) is 23.9. The fraction of sp³-hybridized carbons (Fsp3) is 0.533. The van der Waals surface area contributed by atoms with E-state index in [9.17, 15) is 19.2 Å². The van der Waals surface area contributed by atoms with Crippen LogP contribution >= 0.6 is 0 Å². The monoisotopic (exact) mass is 551 g/mol. The first-order valence-electron chi connectivity index (χ1n) is 13.0. The first kappa shape index (κ1) is 30.4. The zero-order valence-electron chi connectivity index (χ0n) is 23.9. The predicted molar refractivity (Wildman–Crippen MR) is 146 cm³/mol. The number of amides is 3. The van der Waals surface area contributed by atoms with E-state index >= 15 is 0 Å². The van der Waals surface area contributed by atoms with Gasteiger partial charge < -0.3 is 24.4 Å². The van der Waals surface area contributed by atoms with Crippen LogP contribution in [0.3, 0.4) is 0 Å². The van der Waals surface area contributed by atoms with Gasteiger partial charge in [-0.25, -0.2) is 14.4 Å². The summed E-state index contributed by atoms with van der Waals surface area (Å²) in [4.78, 5) is 54.9. The van der Waals surface area contributed by atoms with Gasteiger partial charge in [-0.15, -0.1) is 12.8 Å². The number of terminal acetylenes is 2. The van der Waals surface area contributed by atoms with Crippen LogP contribution in [0.2, 0.25) is 0 Å². The predicted octanol–water partition coefficient (Wildman–Crippen LogP) is 3.06. The average Bonchev–Trinajstić information content (AvgIpc) is 3.53. The van der Waals surface area contributed by atoms with Crippen LogP contribution in [-0.4, -0.2) is 72.3 Å². The van der Waals surface area contributed by atoms with Crippen LogP contribution in [0.4, 0.5) is 9.59 Å². The number of nitrogens with zero attached hydrogens (tertiary/aromatic N) is 2. The summed E-state index contributed by atoms with van der Waals surface area (Å²) in [5.41, 5.74) is 1.13. The molecular formula is C30H37N3O7. The fourth-order valence-corrected chi connectivity index (χ4v) is 4.65. The molecule has 10 nitrogen and oxygen atoms in total. The van der Waals surface area contributed by atoms with Gasteiger partial charge >= 0.3 is 18.2 Å². The Morgan fingerprint density at radius 2 is 1.82 bits per heavy atom. The van der Waals surface area contributed by atoms with Crippen LogP contribution in [0.5, 0.6) is 0 Å². The molecule has 10 heteroatoms. The highest BCUT2D eigenvalue weighted by molar-refractivity contribution is 5.91. The summed E-state index contributed by atoms with van der Waals surface area (Å²) in [5, 5.41) is 2.62. The fourth-order valence-electron chi connectivity index (χ4n) is 4.65. The molecule has 3 rings (SSSR count). The van der Waals surface area contributed by atoms with Crippen LogP contribution in [-0.2, 0) is 36.9 Å². The lowest BCUT2D eigenvalue weighted by atomic mass is 9.85. The minimum atomic E-state index is -1.05. The van der Waals surface area contributed by atoms with Crippen molar-refractivity contribution in [1.82, 2.24) is 15.1 Å². The van der Waals surface area contributed by atoms with Crippen molar-refractivity contribution >= 4 is 24.1 Å². The molecule has 0 aromatic heterocycles. The molecule has 1 aromatic carbocycles. The minimum absolute atomic E-state index is 0.0455. The Labute approximate surface area is 235 Å². The molecule has 0 radical (unpaired) electrons. The number of hydrogen-bond donors (Lipinski definition) is 1. The van der Waals surface area contributed by atoms with Gasteiger partial charge in [0.2, 0.25) is 5.91 Å². The van der Waals surface area contributed by atoms with E-state index in [1.165, 1.54) is 16.9 Å². The van der Waals surface area contributed by atoms with Crippen molar-refractivity contribution in [2.45, 2.75) is 72.3 Å². The number of fused-ring (bicyclic) bond motifs is 1. The Morgan fingerprint density at radius 3 is 2.42 bits per heavy atom. The van der Waals surface area contributed by atoms with Crippen molar-refractivity contribution in [3.8, 4) is 24.7 Å². The first-order chi connectivity index (χ1) is 18.7. The van der Waals surface area contributed by atoms with E-state index in [0.29, 0.717) is 13.1 Å². The number of carbonyl (C=O) groups excluding carboxylic acids is 4. The molecular weight excluding hydrogens is 514 g/mol. The molecule has 2 aliphatic rings. The molecule has 2 aliphatic heterocycles. The number of alkyl carbamates (subject to hydrolysis) is 1. The molecule has 214 valence electrons. The molecule has 0 unspecified atom stereocenters. The lowest BCUT2D eigenvalue weighted by Crippen LogP contribution is -2.57. The van der Waals surface area contributed by atoms with Crippen molar-refractivity contribution in [3.05, 3.63) is 34.9 Å². The molecule has 0 bridgehead atoms. The third-order valence-electron chi connectivity index (χ3n) is 7.01. The van der Waals surface area contributed by atoms with Crippen molar-refractivity contribution in [2.24, 2.45) is 10.8 Å². The molecule has 0 aliphatic carbocycles. The van der Waals surface area contributed by atoms with Crippen molar-refractivity contribution in [3.63, 3.8) is 0 Å². The van der Waals surface area contributed by atoms with E-state index < -0.39 is 53.1 Å². The highest BCUT2D eigenvalue weighted by Crippen LogP contribution is 2.30. The third kappa shape index (κ3) is 6.87. The largest absolute Gasteiger partial charge is 0.467 e. The van der Waals surface area contributed by atoms with Crippen molar-refractivity contribution in [2.75, 3.05) is 20.3 Å². The SMILES string of the molecule is C#Cc1cccc2c1CN(C(=O)O[C@@H]1C[C@@H](C(=O)OC)N(C(=O)[C@@H](NC(=O)OCC(C)(C)C#C)C(C)(C)C)C1)C2. The maximum atomic E-state index is 13.8. The average molecular weight is 552 g/mol. The minimum Gasteiger partial charge on any atom is -0.467 e. The molecule has 40 heavy (non-hydrogen) atoms. The molecule has 0 saturated carbocycles. The van der Waals surface area contributed by atoms with Crippen LogP contribution in [0.1, 0.15) is 57.7 Å². The van der Waals surface area contributed by atoms with E-state index in [0.717, 1.165) is 16.7 Å². The number of esters is 1. The molecule has 3 amide bonds. The molecule has 1 saturated heterocycles. The summed E-state index contributed by atoms with van der Waals surface area (Å²) >= 11 is 0. The maximum absolute atomic E-state index is 13.8. The van der Waals surface area contributed by atoms with E-state index in [4.69, 9.17) is 27.1 Å². The highest BCUT2D eigenvalue weighted by atomic mass is 16.6. The van der Waals surface area contributed by atoms with Crippen LogP contribution in [0.25, 0.3) is 0 Å². The number of ether oxygens (including phenoxy) is 3. The Balaban J connectivity index is 1.72. The maximum Gasteiger partial charge on any atom is 0.410 e. The molecule has 1 N–H and O–H groups in total. The smallest absolute Gasteiger partial charge is 0.410 e. The normalized spacial score (nSPS) is 19.1. The molecule has 1 aromatic rings. The highest BCUT2D eigenvalue weighted by Gasteiger charge is 2.47. The number of methoxy groups -OCH3 is 1. The zero-order chi connectivity index (χ0) is 29.8.